The Morgan fingerprint density at radius 1 is 1.29 bits per heavy atom. The predicted octanol–water partition coefficient (Wildman–Crippen LogP) is 1.99. The van der Waals surface area contributed by atoms with Crippen LogP contribution in [0.5, 0.6) is 5.75 Å². The molecular formula is C13H12ClNO5S. The third-order valence-electron chi connectivity index (χ3n) is 3.06. The molecule has 0 aromatic heterocycles. The fraction of sp³-hybridized carbons (Fsp3) is 0.154. The highest BCUT2D eigenvalue weighted by Crippen LogP contribution is 2.31. The number of rotatable bonds is 3. The fourth-order valence-corrected chi connectivity index (χ4v) is 2.62. The number of hydrogen-bond acceptors (Lipinski definition) is 4. The molecular weight excluding hydrogens is 318 g/mol. The van der Waals surface area contributed by atoms with Crippen LogP contribution in [0.15, 0.2) is 35.2 Å². The van der Waals surface area contributed by atoms with Crippen molar-refractivity contribution in [2.45, 2.75) is 4.90 Å². The van der Waals surface area contributed by atoms with Gasteiger partial charge in [0.2, 0.25) is 5.91 Å². The number of amides is 1. The minimum absolute atomic E-state index is 0.190. The largest absolute Gasteiger partial charge is 0.507 e. The molecule has 0 fully saturated rings. The van der Waals surface area contributed by atoms with Crippen LogP contribution in [0.2, 0.25) is 0 Å². The number of alkyl halides is 1. The van der Waals surface area contributed by atoms with Gasteiger partial charge >= 0.3 is 0 Å². The van der Waals surface area contributed by atoms with Crippen molar-refractivity contribution in [1.82, 2.24) is 0 Å². The summed E-state index contributed by atoms with van der Waals surface area (Å²) in [6.45, 7) is 0. The Bertz CT molecular complexity index is 819. The first-order valence-electron chi connectivity index (χ1n) is 5.81. The molecule has 2 rings (SSSR count). The summed E-state index contributed by atoms with van der Waals surface area (Å²) < 4.78 is 31.4. The summed E-state index contributed by atoms with van der Waals surface area (Å²) >= 11 is 5.48. The van der Waals surface area contributed by atoms with Crippen LogP contribution in [0.25, 0.3) is 10.8 Å². The zero-order valence-electron chi connectivity index (χ0n) is 10.9. The van der Waals surface area contributed by atoms with Crippen LogP contribution in [0, 0.1) is 0 Å². The van der Waals surface area contributed by atoms with Gasteiger partial charge in [-0.1, -0.05) is 0 Å². The van der Waals surface area contributed by atoms with Crippen LogP contribution in [-0.4, -0.2) is 36.9 Å². The predicted molar refractivity (Wildman–Crippen MR) is 79.6 cm³/mol. The maximum absolute atomic E-state index is 11.6. The molecule has 0 aliphatic rings. The summed E-state index contributed by atoms with van der Waals surface area (Å²) in [5.74, 6) is -0.797. The van der Waals surface area contributed by atoms with Crippen LogP contribution in [0.4, 0.5) is 5.69 Å². The lowest BCUT2D eigenvalue weighted by atomic mass is 10.1. The Balaban J connectivity index is 2.64. The van der Waals surface area contributed by atoms with Gasteiger partial charge in [-0.2, -0.15) is 8.42 Å². The molecule has 0 atom stereocenters. The number of nitrogens with zero attached hydrogens (tertiary/aromatic N) is 1. The summed E-state index contributed by atoms with van der Waals surface area (Å²) in [6, 6.07) is 6.84. The molecule has 0 aliphatic heterocycles. The molecule has 0 heterocycles. The molecule has 21 heavy (non-hydrogen) atoms. The molecule has 0 spiro atoms. The van der Waals surface area contributed by atoms with E-state index in [-0.39, 0.29) is 17.5 Å². The Labute approximate surface area is 126 Å². The normalized spacial score (nSPS) is 11.6. The molecule has 0 bridgehead atoms. The van der Waals surface area contributed by atoms with Crippen LogP contribution in [0.1, 0.15) is 0 Å². The average molecular weight is 330 g/mol. The minimum Gasteiger partial charge on any atom is -0.507 e. The molecule has 2 N–H and O–H groups in total. The second-order valence-corrected chi connectivity index (χ2v) is 6.10. The van der Waals surface area contributed by atoms with Gasteiger partial charge in [0, 0.05) is 24.2 Å². The first-order chi connectivity index (χ1) is 9.74. The Hall–Kier alpha value is -1.83. The van der Waals surface area contributed by atoms with Crippen molar-refractivity contribution in [3.8, 4) is 5.75 Å². The first-order valence-corrected chi connectivity index (χ1v) is 7.78. The van der Waals surface area contributed by atoms with Crippen molar-refractivity contribution in [3.63, 3.8) is 0 Å². The standard InChI is InChI=1S/C13H12ClNO5S/c1-15(13(17)7-14)9-2-3-11-8(4-9)5-10(6-12(11)16)21(18,19)20/h2-6,16H,7H2,1H3,(H,18,19,20). The van der Waals surface area contributed by atoms with Crippen LogP contribution >= 0.6 is 11.6 Å². The van der Waals surface area contributed by atoms with Crippen molar-refractivity contribution >= 4 is 44.1 Å². The van der Waals surface area contributed by atoms with E-state index in [4.69, 9.17) is 16.2 Å². The van der Waals surface area contributed by atoms with Gasteiger partial charge in [0.25, 0.3) is 10.1 Å². The van der Waals surface area contributed by atoms with E-state index in [0.29, 0.717) is 16.5 Å². The lowest BCUT2D eigenvalue weighted by Gasteiger charge is -2.17. The van der Waals surface area contributed by atoms with E-state index in [9.17, 15) is 18.3 Å². The summed E-state index contributed by atoms with van der Waals surface area (Å²) in [5, 5.41) is 10.6. The van der Waals surface area contributed by atoms with E-state index in [2.05, 4.69) is 0 Å². The van der Waals surface area contributed by atoms with E-state index >= 15 is 0 Å². The van der Waals surface area contributed by atoms with Crippen molar-refractivity contribution < 1.29 is 22.9 Å². The van der Waals surface area contributed by atoms with E-state index in [1.807, 2.05) is 0 Å². The van der Waals surface area contributed by atoms with Crippen LogP contribution in [-0.2, 0) is 14.9 Å². The Morgan fingerprint density at radius 2 is 1.95 bits per heavy atom. The number of fused-ring (bicyclic) bond motifs is 1. The summed E-state index contributed by atoms with van der Waals surface area (Å²) in [6.07, 6.45) is 0. The zero-order valence-corrected chi connectivity index (χ0v) is 12.5. The maximum atomic E-state index is 11.6. The zero-order chi connectivity index (χ0) is 15.8. The van der Waals surface area contributed by atoms with Crippen molar-refractivity contribution in [3.05, 3.63) is 30.3 Å². The molecule has 2 aromatic rings. The maximum Gasteiger partial charge on any atom is 0.294 e. The summed E-state index contributed by atoms with van der Waals surface area (Å²) in [7, 11) is -2.91. The quantitative estimate of drug-likeness (QED) is 0.663. The number of hydrogen-bond donors (Lipinski definition) is 2. The molecule has 112 valence electrons. The number of anilines is 1. The molecule has 1 amide bonds. The Kier molecular flexibility index (Phi) is 4.08. The van der Waals surface area contributed by atoms with E-state index in [1.54, 1.807) is 12.1 Å². The lowest BCUT2D eigenvalue weighted by Crippen LogP contribution is -2.27. The van der Waals surface area contributed by atoms with E-state index < -0.39 is 15.0 Å². The topological polar surface area (TPSA) is 94.9 Å². The van der Waals surface area contributed by atoms with Gasteiger partial charge in [0.05, 0.1) is 4.90 Å². The molecule has 0 radical (unpaired) electrons. The number of halogens is 1. The van der Waals surface area contributed by atoms with Crippen molar-refractivity contribution in [2.24, 2.45) is 0 Å². The van der Waals surface area contributed by atoms with Gasteiger partial charge in [-0.15, -0.1) is 11.6 Å². The molecule has 2 aromatic carbocycles. The lowest BCUT2D eigenvalue weighted by molar-refractivity contribution is -0.116. The second kappa shape index (κ2) is 5.51. The highest BCUT2D eigenvalue weighted by Gasteiger charge is 2.15. The number of carbonyl (C=O) groups excluding carboxylic acids is 1. The molecule has 0 aliphatic carbocycles. The smallest absolute Gasteiger partial charge is 0.294 e. The van der Waals surface area contributed by atoms with Gasteiger partial charge in [-0.25, -0.2) is 0 Å². The summed E-state index contributed by atoms with van der Waals surface area (Å²) in [5.41, 5.74) is 0.486. The minimum atomic E-state index is -4.43. The number of benzene rings is 2. The second-order valence-electron chi connectivity index (χ2n) is 4.41. The Morgan fingerprint density at radius 3 is 2.52 bits per heavy atom. The number of phenols is 1. The molecule has 0 saturated heterocycles. The van der Waals surface area contributed by atoms with Gasteiger partial charge in [-0.3, -0.25) is 9.35 Å². The first kappa shape index (κ1) is 15.6. The van der Waals surface area contributed by atoms with Gasteiger partial charge in [-0.05, 0) is 29.7 Å². The number of carbonyl (C=O) groups is 1. The molecule has 8 heteroatoms. The SMILES string of the molecule is CN(C(=O)CCl)c1ccc2c(O)cc(S(=O)(=O)O)cc2c1. The van der Waals surface area contributed by atoms with Crippen LogP contribution < -0.4 is 4.90 Å². The monoisotopic (exact) mass is 329 g/mol. The number of phenolic OH excluding ortho intramolecular Hbond substituents is 1. The third kappa shape index (κ3) is 3.10. The molecule has 6 nitrogen and oxygen atoms in total. The van der Waals surface area contributed by atoms with E-state index in [1.165, 1.54) is 24.1 Å². The highest BCUT2D eigenvalue weighted by molar-refractivity contribution is 7.85. The van der Waals surface area contributed by atoms with Gasteiger partial charge in [0.1, 0.15) is 11.6 Å². The van der Waals surface area contributed by atoms with Crippen molar-refractivity contribution in [2.75, 3.05) is 17.8 Å². The fourth-order valence-electron chi connectivity index (χ4n) is 1.90. The summed E-state index contributed by atoms with van der Waals surface area (Å²) in [4.78, 5) is 12.4. The third-order valence-corrected chi connectivity index (χ3v) is 4.12. The molecule has 0 unspecified atom stereocenters. The average Bonchev–Trinajstić information content (AvgIpc) is 2.44. The van der Waals surface area contributed by atoms with Gasteiger partial charge in [0.15, 0.2) is 0 Å². The van der Waals surface area contributed by atoms with Crippen molar-refractivity contribution in [1.29, 1.82) is 0 Å². The molecule has 0 saturated carbocycles. The van der Waals surface area contributed by atoms with E-state index in [0.717, 1.165) is 6.07 Å². The number of aromatic hydroxyl groups is 1. The highest BCUT2D eigenvalue weighted by atomic mass is 35.5. The van der Waals surface area contributed by atoms with Crippen LogP contribution in [0.3, 0.4) is 0 Å². The van der Waals surface area contributed by atoms with Gasteiger partial charge < -0.3 is 10.0 Å².